The van der Waals surface area contributed by atoms with Crippen molar-refractivity contribution in [2.24, 2.45) is 5.73 Å². The highest BCUT2D eigenvalue weighted by Crippen LogP contribution is 2.50. The summed E-state index contributed by atoms with van der Waals surface area (Å²) in [5.74, 6) is -8.71. The molecule has 2 aromatic rings. The van der Waals surface area contributed by atoms with Gasteiger partial charge in [-0.2, -0.15) is 17.6 Å². The summed E-state index contributed by atoms with van der Waals surface area (Å²) >= 11 is 0. The van der Waals surface area contributed by atoms with Gasteiger partial charge in [0.05, 0.1) is 0 Å². The minimum absolute atomic E-state index is 0.0619. The van der Waals surface area contributed by atoms with E-state index >= 15 is 0 Å². The molecule has 6 heteroatoms. The van der Waals surface area contributed by atoms with Crippen molar-refractivity contribution >= 4 is 0 Å². The predicted octanol–water partition coefficient (Wildman–Crippen LogP) is 4.09. The molecule has 0 aliphatic carbocycles. The van der Waals surface area contributed by atoms with Crippen molar-refractivity contribution in [2.75, 3.05) is 14.1 Å². The normalized spacial score (nSPS) is 12.7. The molecular formula is C18H20F4N2. The van der Waals surface area contributed by atoms with E-state index in [1.807, 2.05) is 0 Å². The quantitative estimate of drug-likeness (QED) is 0.803. The molecule has 0 heterocycles. The monoisotopic (exact) mass is 340 g/mol. The van der Waals surface area contributed by atoms with Gasteiger partial charge in [-0.1, -0.05) is 48.5 Å². The maximum absolute atomic E-state index is 14.8. The Bertz CT molecular complexity index is 685. The molecule has 0 aromatic heterocycles. The topological polar surface area (TPSA) is 29.3 Å². The molecule has 2 aromatic carbocycles. The van der Waals surface area contributed by atoms with E-state index in [4.69, 9.17) is 5.73 Å². The van der Waals surface area contributed by atoms with Crippen LogP contribution in [0, 0.1) is 0 Å². The summed E-state index contributed by atoms with van der Waals surface area (Å²) in [5, 5.41) is 0. The third kappa shape index (κ3) is 3.30. The van der Waals surface area contributed by atoms with Crippen molar-refractivity contribution in [3.63, 3.8) is 0 Å². The maximum Gasteiger partial charge on any atom is 0.340 e. The van der Waals surface area contributed by atoms with Crippen LogP contribution in [0.4, 0.5) is 17.6 Å². The Balaban J connectivity index is 2.56. The molecule has 0 amide bonds. The Morgan fingerprint density at radius 3 is 2.04 bits per heavy atom. The first-order valence-corrected chi connectivity index (χ1v) is 7.49. The van der Waals surface area contributed by atoms with Crippen molar-refractivity contribution in [3.05, 3.63) is 70.8 Å². The zero-order valence-electron chi connectivity index (χ0n) is 13.6. The maximum atomic E-state index is 14.8. The molecule has 0 unspecified atom stereocenters. The van der Waals surface area contributed by atoms with E-state index in [1.54, 1.807) is 25.1 Å². The second-order valence-electron chi connectivity index (χ2n) is 5.90. The van der Waals surface area contributed by atoms with E-state index < -0.39 is 23.0 Å². The van der Waals surface area contributed by atoms with Crippen LogP contribution in [-0.4, -0.2) is 19.0 Å². The first-order chi connectivity index (χ1) is 11.2. The van der Waals surface area contributed by atoms with Crippen LogP contribution in [0.25, 0.3) is 0 Å². The number of hydrogen-bond acceptors (Lipinski definition) is 2. The summed E-state index contributed by atoms with van der Waals surface area (Å²) in [4.78, 5) is 1.77. The lowest BCUT2D eigenvalue weighted by Crippen LogP contribution is -2.37. The minimum Gasteiger partial charge on any atom is -0.326 e. The molecule has 2 N–H and O–H groups in total. The fourth-order valence-electron chi connectivity index (χ4n) is 2.66. The number of nitrogens with zero attached hydrogens (tertiary/aromatic N) is 1. The van der Waals surface area contributed by atoms with Gasteiger partial charge in [-0.25, -0.2) is 0 Å². The van der Waals surface area contributed by atoms with E-state index in [9.17, 15) is 17.6 Å². The Morgan fingerprint density at radius 1 is 0.875 bits per heavy atom. The van der Waals surface area contributed by atoms with Gasteiger partial charge in [-0.05, 0) is 25.2 Å². The second kappa shape index (κ2) is 6.91. The van der Waals surface area contributed by atoms with Crippen molar-refractivity contribution in [1.29, 1.82) is 0 Å². The molecule has 0 atom stereocenters. The van der Waals surface area contributed by atoms with Crippen molar-refractivity contribution in [2.45, 2.75) is 24.9 Å². The molecule has 0 fully saturated rings. The molecule has 130 valence electrons. The lowest BCUT2D eigenvalue weighted by molar-refractivity contribution is -0.224. The van der Waals surface area contributed by atoms with Crippen LogP contribution in [0.2, 0.25) is 0 Å². The molecule has 2 rings (SSSR count). The molecular weight excluding hydrogens is 320 g/mol. The molecule has 24 heavy (non-hydrogen) atoms. The van der Waals surface area contributed by atoms with Gasteiger partial charge >= 0.3 is 11.8 Å². The van der Waals surface area contributed by atoms with Gasteiger partial charge in [-0.3, -0.25) is 0 Å². The lowest BCUT2D eigenvalue weighted by Gasteiger charge is -2.29. The SMILES string of the molecule is CN(C)Cc1cccc(C(F)(F)C(F)(F)c2ccccc2)c1CN. The molecule has 0 radical (unpaired) electrons. The van der Waals surface area contributed by atoms with Gasteiger partial charge in [0.25, 0.3) is 0 Å². The summed E-state index contributed by atoms with van der Waals surface area (Å²) in [6.45, 7) is 0.104. The minimum atomic E-state index is -4.37. The average Bonchev–Trinajstić information content (AvgIpc) is 2.54. The zero-order valence-corrected chi connectivity index (χ0v) is 13.6. The Morgan fingerprint density at radius 2 is 1.50 bits per heavy atom. The van der Waals surface area contributed by atoms with Gasteiger partial charge < -0.3 is 10.6 Å². The van der Waals surface area contributed by atoms with Gasteiger partial charge in [0.15, 0.2) is 0 Å². The highest BCUT2D eigenvalue weighted by molar-refractivity contribution is 5.40. The van der Waals surface area contributed by atoms with Crippen molar-refractivity contribution < 1.29 is 17.6 Å². The molecule has 2 nitrogen and oxygen atoms in total. The van der Waals surface area contributed by atoms with Gasteiger partial charge in [0.1, 0.15) is 0 Å². The third-order valence-electron chi connectivity index (χ3n) is 3.83. The van der Waals surface area contributed by atoms with E-state index in [1.165, 1.54) is 24.3 Å². The number of halogens is 4. The van der Waals surface area contributed by atoms with Gasteiger partial charge in [0.2, 0.25) is 0 Å². The van der Waals surface area contributed by atoms with Crippen LogP contribution in [0.3, 0.4) is 0 Å². The molecule has 0 bridgehead atoms. The number of benzene rings is 2. The largest absolute Gasteiger partial charge is 0.340 e. The summed E-state index contributed by atoms with van der Waals surface area (Å²) in [6, 6.07) is 10.1. The van der Waals surface area contributed by atoms with E-state index in [-0.39, 0.29) is 12.1 Å². The zero-order chi connectivity index (χ0) is 18.0. The smallest absolute Gasteiger partial charge is 0.326 e. The van der Waals surface area contributed by atoms with Crippen LogP contribution in [0.1, 0.15) is 22.3 Å². The Kier molecular flexibility index (Phi) is 5.30. The van der Waals surface area contributed by atoms with Crippen LogP contribution in [-0.2, 0) is 24.9 Å². The van der Waals surface area contributed by atoms with E-state index in [0.29, 0.717) is 12.1 Å². The molecule has 0 saturated carbocycles. The van der Waals surface area contributed by atoms with E-state index in [0.717, 1.165) is 18.2 Å². The standard InChI is InChI=1S/C18H20F4N2/c1-24(2)12-13-7-6-10-16(15(13)11-23)18(21,22)17(19,20)14-8-4-3-5-9-14/h3-10H,11-12,23H2,1-2H3. The fourth-order valence-corrected chi connectivity index (χ4v) is 2.66. The summed E-state index contributed by atoms with van der Waals surface area (Å²) in [6.07, 6.45) is 0. The van der Waals surface area contributed by atoms with Crippen LogP contribution >= 0.6 is 0 Å². The molecule has 0 aliphatic rings. The number of alkyl halides is 4. The van der Waals surface area contributed by atoms with Gasteiger partial charge in [-0.15, -0.1) is 0 Å². The van der Waals surface area contributed by atoms with Crippen molar-refractivity contribution in [3.8, 4) is 0 Å². The number of hydrogen-bond donors (Lipinski definition) is 1. The van der Waals surface area contributed by atoms with E-state index in [2.05, 4.69) is 0 Å². The van der Waals surface area contributed by atoms with Crippen molar-refractivity contribution in [1.82, 2.24) is 4.90 Å². The molecule has 0 aliphatic heterocycles. The number of nitrogens with two attached hydrogens (primary N) is 1. The Hall–Kier alpha value is -1.92. The van der Waals surface area contributed by atoms with Crippen LogP contribution in [0.5, 0.6) is 0 Å². The van der Waals surface area contributed by atoms with Crippen LogP contribution in [0.15, 0.2) is 48.5 Å². The summed E-state index contributed by atoms with van der Waals surface area (Å²) in [7, 11) is 3.54. The highest BCUT2D eigenvalue weighted by atomic mass is 19.3. The second-order valence-corrected chi connectivity index (χ2v) is 5.90. The summed E-state index contributed by atoms with van der Waals surface area (Å²) in [5.41, 5.74) is 4.74. The third-order valence-corrected chi connectivity index (χ3v) is 3.83. The first kappa shape index (κ1) is 18.4. The molecule has 0 spiro atoms. The highest BCUT2D eigenvalue weighted by Gasteiger charge is 2.59. The van der Waals surface area contributed by atoms with Crippen LogP contribution < -0.4 is 5.73 Å². The van der Waals surface area contributed by atoms with Gasteiger partial charge in [0, 0.05) is 24.2 Å². The fraction of sp³-hybridized carbons (Fsp3) is 0.333. The number of rotatable bonds is 6. The summed E-state index contributed by atoms with van der Waals surface area (Å²) < 4.78 is 58.6. The first-order valence-electron chi connectivity index (χ1n) is 7.49. The Labute approximate surface area is 138 Å². The predicted molar refractivity (Wildman–Crippen MR) is 86.0 cm³/mol. The average molecular weight is 340 g/mol. The molecule has 0 saturated heterocycles. The lowest BCUT2D eigenvalue weighted by atomic mass is 9.90.